The third-order valence-electron chi connectivity index (χ3n) is 4.11. The minimum Gasteiger partial charge on any atom is -0.348 e. The van der Waals surface area contributed by atoms with Crippen molar-refractivity contribution in [2.24, 2.45) is 0 Å². The number of aryl methyl sites for hydroxylation is 2. The lowest BCUT2D eigenvalue weighted by molar-refractivity contribution is 0.0934. The fraction of sp³-hybridized carbons (Fsp3) is 0.421. The van der Waals surface area contributed by atoms with Gasteiger partial charge in [0.2, 0.25) is 5.95 Å². The lowest BCUT2D eigenvalue weighted by Gasteiger charge is -2.15. The monoisotopic (exact) mass is 326 g/mol. The van der Waals surface area contributed by atoms with Crippen molar-refractivity contribution < 1.29 is 4.79 Å². The summed E-state index contributed by atoms with van der Waals surface area (Å²) in [6.07, 6.45) is 4.33. The molecule has 128 valence electrons. The van der Waals surface area contributed by atoms with Crippen molar-refractivity contribution in [3.8, 4) is 0 Å². The van der Waals surface area contributed by atoms with Crippen molar-refractivity contribution in [3.63, 3.8) is 0 Å². The topological polar surface area (TPSA) is 66.9 Å². The summed E-state index contributed by atoms with van der Waals surface area (Å²) < 4.78 is 0. The number of hydrogen-bond acceptors (Lipinski definition) is 4. The fourth-order valence-corrected chi connectivity index (χ4v) is 2.46. The van der Waals surface area contributed by atoms with E-state index in [1.165, 1.54) is 11.1 Å². The van der Waals surface area contributed by atoms with Gasteiger partial charge in [0.05, 0.1) is 0 Å². The molecule has 1 heterocycles. The summed E-state index contributed by atoms with van der Waals surface area (Å²) in [6.45, 7) is 8.25. The number of nitrogens with one attached hydrogen (secondary N) is 2. The van der Waals surface area contributed by atoms with Gasteiger partial charge in [-0.2, -0.15) is 0 Å². The Balaban J connectivity index is 2.26. The zero-order valence-corrected chi connectivity index (χ0v) is 14.9. The van der Waals surface area contributed by atoms with Crippen molar-refractivity contribution in [1.29, 1.82) is 0 Å². The lowest BCUT2D eigenvalue weighted by atomic mass is 10.0. The molecule has 1 atom stereocenters. The van der Waals surface area contributed by atoms with Gasteiger partial charge < -0.3 is 10.6 Å². The first kappa shape index (κ1) is 17.9. The molecule has 5 nitrogen and oxygen atoms in total. The van der Waals surface area contributed by atoms with E-state index in [0.29, 0.717) is 11.6 Å². The molecule has 5 heteroatoms. The van der Waals surface area contributed by atoms with Gasteiger partial charge >= 0.3 is 0 Å². The summed E-state index contributed by atoms with van der Waals surface area (Å²) in [6, 6.07) is 8.02. The van der Waals surface area contributed by atoms with Crippen molar-refractivity contribution in [2.75, 3.05) is 5.32 Å². The number of benzene rings is 1. The highest BCUT2D eigenvalue weighted by atomic mass is 16.1. The number of anilines is 2. The van der Waals surface area contributed by atoms with Gasteiger partial charge in [-0.3, -0.25) is 4.79 Å². The Morgan fingerprint density at radius 1 is 1.12 bits per heavy atom. The number of para-hydroxylation sites is 1. The maximum Gasteiger partial charge on any atom is 0.270 e. The van der Waals surface area contributed by atoms with E-state index < -0.39 is 0 Å². The standard InChI is InChI=1S/C19H26N4O/c1-5-13(4)21-18(24)16-11-12-20-19(22-16)23-17-14(6-2)9-8-10-15(17)7-3/h8-13H,5-7H2,1-4H3,(H,21,24)(H,20,22,23). The van der Waals surface area contributed by atoms with Crippen LogP contribution in [-0.2, 0) is 12.8 Å². The first-order valence-electron chi connectivity index (χ1n) is 8.60. The highest BCUT2D eigenvalue weighted by Crippen LogP contribution is 2.25. The molecule has 0 saturated heterocycles. The van der Waals surface area contributed by atoms with Crippen molar-refractivity contribution in [3.05, 3.63) is 47.3 Å². The largest absolute Gasteiger partial charge is 0.348 e. The third-order valence-corrected chi connectivity index (χ3v) is 4.11. The second kappa shape index (κ2) is 8.43. The number of rotatable bonds is 7. The van der Waals surface area contributed by atoms with Gasteiger partial charge in [0.1, 0.15) is 5.69 Å². The van der Waals surface area contributed by atoms with E-state index in [1.807, 2.05) is 13.8 Å². The molecule has 0 fully saturated rings. The zero-order chi connectivity index (χ0) is 17.5. The van der Waals surface area contributed by atoms with Gasteiger partial charge in [0.25, 0.3) is 5.91 Å². The first-order chi connectivity index (χ1) is 11.6. The Kier molecular flexibility index (Phi) is 6.29. The van der Waals surface area contributed by atoms with E-state index in [9.17, 15) is 4.79 Å². The average molecular weight is 326 g/mol. The molecule has 0 saturated carbocycles. The molecule has 0 bridgehead atoms. The Bertz CT molecular complexity index is 677. The highest BCUT2D eigenvalue weighted by molar-refractivity contribution is 5.92. The molecular formula is C19H26N4O. The van der Waals surface area contributed by atoms with Crippen LogP contribution < -0.4 is 10.6 Å². The second-order valence-corrected chi connectivity index (χ2v) is 5.83. The molecule has 0 aliphatic carbocycles. The molecule has 24 heavy (non-hydrogen) atoms. The summed E-state index contributed by atoms with van der Waals surface area (Å²) in [5.74, 6) is 0.275. The van der Waals surface area contributed by atoms with Crippen LogP contribution in [0.1, 0.15) is 55.7 Å². The van der Waals surface area contributed by atoms with Crippen LogP contribution in [0.2, 0.25) is 0 Å². The quantitative estimate of drug-likeness (QED) is 0.810. The molecule has 1 amide bonds. The van der Waals surface area contributed by atoms with E-state index in [0.717, 1.165) is 24.9 Å². The first-order valence-corrected chi connectivity index (χ1v) is 8.60. The maximum absolute atomic E-state index is 12.2. The Morgan fingerprint density at radius 2 is 1.79 bits per heavy atom. The van der Waals surface area contributed by atoms with Gasteiger partial charge in [-0.1, -0.05) is 39.0 Å². The van der Waals surface area contributed by atoms with E-state index in [-0.39, 0.29) is 11.9 Å². The Hall–Kier alpha value is -2.43. The normalized spacial score (nSPS) is 11.8. The minimum atomic E-state index is -0.172. The molecule has 0 aliphatic rings. The molecule has 0 spiro atoms. The van der Waals surface area contributed by atoms with E-state index >= 15 is 0 Å². The van der Waals surface area contributed by atoms with Gasteiger partial charge in [-0.25, -0.2) is 9.97 Å². The van der Waals surface area contributed by atoms with Crippen LogP contribution in [0.5, 0.6) is 0 Å². The number of carbonyl (C=O) groups is 1. The predicted octanol–water partition coefficient (Wildman–Crippen LogP) is 3.87. The minimum absolute atomic E-state index is 0.122. The lowest BCUT2D eigenvalue weighted by Crippen LogP contribution is -2.32. The van der Waals surface area contributed by atoms with Crippen LogP contribution in [0.15, 0.2) is 30.5 Å². The van der Waals surface area contributed by atoms with Crippen LogP contribution in [0, 0.1) is 0 Å². The summed E-state index contributed by atoms with van der Waals surface area (Å²) in [5, 5.41) is 6.23. The van der Waals surface area contributed by atoms with E-state index in [2.05, 4.69) is 52.6 Å². The predicted molar refractivity (Wildman–Crippen MR) is 97.7 cm³/mol. The van der Waals surface area contributed by atoms with Gasteiger partial charge in [0, 0.05) is 17.9 Å². The zero-order valence-electron chi connectivity index (χ0n) is 14.9. The molecule has 2 rings (SSSR count). The van der Waals surface area contributed by atoms with Gasteiger partial charge in [0.15, 0.2) is 0 Å². The van der Waals surface area contributed by atoms with Crippen LogP contribution in [0.4, 0.5) is 11.6 Å². The molecule has 2 N–H and O–H groups in total. The fourth-order valence-electron chi connectivity index (χ4n) is 2.46. The number of hydrogen-bond donors (Lipinski definition) is 2. The van der Waals surface area contributed by atoms with Gasteiger partial charge in [-0.05, 0) is 43.4 Å². The van der Waals surface area contributed by atoms with Crippen molar-refractivity contribution in [2.45, 2.75) is 53.0 Å². The third kappa shape index (κ3) is 4.31. The maximum atomic E-state index is 12.2. The molecule has 1 unspecified atom stereocenters. The number of amides is 1. The summed E-state index contributed by atoms with van der Waals surface area (Å²) >= 11 is 0. The summed E-state index contributed by atoms with van der Waals surface area (Å²) in [5.41, 5.74) is 3.85. The summed E-state index contributed by atoms with van der Waals surface area (Å²) in [7, 11) is 0. The molecule has 1 aromatic carbocycles. The smallest absolute Gasteiger partial charge is 0.270 e. The molecule has 2 aromatic rings. The number of nitrogens with zero attached hydrogens (tertiary/aromatic N) is 2. The molecular weight excluding hydrogens is 300 g/mol. The number of aromatic nitrogens is 2. The Labute approximate surface area is 143 Å². The highest BCUT2D eigenvalue weighted by Gasteiger charge is 2.13. The number of carbonyl (C=O) groups excluding carboxylic acids is 1. The molecule has 1 aromatic heterocycles. The van der Waals surface area contributed by atoms with Crippen LogP contribution in [-0.4, -0.2) is 21.9 Å². The summed E-state index contributed by atoms with van der Waals surface area (Å²) in [4.78, 5) is 20.9. The Morgan fingerprint density at radius 3 is 2.38 bits per heavy atom. The van der Waals surface area contributed by atoms with E-state index in [4.69, 9.17) is 0 Å². The molecule has 0 radical (unpaired) electrons. The van der Waals surface area contributed by atoms with Gasteiger partial charge in [-0.15, -0.1) is 0 Å². The SMILES string of the molecule is CCc1cccc(CC)c1Nc1nccc(C(=O)NC(C)CC)n1. The molecule has 0 aliphatic heterocycles. The average Bonchev–Trinajstić information content (AvgIpc) is 2.61. The second-order valence-electron chi connectivity index (χ2n) is 5.83. The van der Waals surface area contributed by atoms with Crippen LogP contribution >= 0.6 is 0 Å². The van der Waals surface area contributed by atoms with E-state index in [1.54, 1.807) is 12.3 Å². The van der Waals surface area contributed by atoms with Crippen LogP contribution in [0.3, 0.4) is 0 Å². The van der Waals surface area contributed by atoms with Crippen molar-refractivity contribution >= 4 is 17.5 Å². The van der Waals surface area contributed by atoms with Crippen LogP contribution in [0.25, 0.3) is 0 Å². The van der Waals surface area contributed by atoms with Crippen molar-refractivity contribution in [1.82, 2.24) is 15.3 Å².